The van der Waals surface area contributed by atoms with Crippen LogP contribution in [0.25, 0.3) is 5.57 Å². The lowest BCUT2D eigenvalue weighted by atomic mass is 9.88. The van der Waals surface area contributed by atoms with Crippen molar-refractivity contribution in [3.05, 3.63) is 59.8 Å². The van der Waals surface area contributed by atoms with Gasteiger partial charge in [0.15, 0.2) is 5.70 Å². The average Bonchev–Trinajstić information content (AvgIpc) is 3.11. The number of allylic oxidation sites excluding steroid dienone is 2. The molecule has 2 aliphatic heterocycles. The molecule has 0 N–H and O–H groups in total. The zero-order chi connectivity index (χ0) is 13.9. The molecule has 0 atom stereocenters. The first-order chi connectivity index (χ1) is 9.60. The Balaban J connectivity index is 2.10. The van der Waals surface area contributed by atoms with Crippen LogP contribution in [0.5, 0.6) is 0 Å². The van der Waals surface area contributed by atoms with Crippen molar-refractivity contribution in [1.29, 1.82) is 0 Å². The molecule has 0 radical (unpaired) electrons. The minimum absolute atomic E-state index is 0.518. The number of nitrogens with zero attached hydrogens (tertiary/aromatic N) is 4. The fourth-order valence-corrected chi connectivity index (χ4v) is 2.90. The van der Waals surface area contributed by atoms with Crippen molar-refractivity contribution in [2.45, 2.75) is 0 Å². The van der Waals surface area contributed by atoms with Gasteiger partial charge in [-0.05, 0) is 24.4 Å². The molecule has 20 heavy (non-hydrogen) atoms. The first kappa shape index (κ1) is 11.4. The van der Waals surface area contributed by atoms with Crippen molar-refractivity contribution in [2.75, 3.05) is 0 Å². The van der Waals surface area contributed by atoms with E-state index in [0.29, 0.717) is 11.4 Å². The average molecular weight is 272 g/mol. The molecule has 0 spiro atoms. The highest BCUT2D eigenvalue weighted by atomic mass is 19.2. The predicted molar refractivity (Wildman–Crippen MR) is 72.5 cm³/mol. The summed E-state index contributed by atoms with van der Waals surface area (Å²) in [7, 11) is 1.81. The van der Waals surface area contributed by atoms with E-state index in [0.717, 1.165) is 20.2 Å². The molecule has 100 valence electrons. The third kappa shape index (κ3) is 1.24. The highest BCUT2D eigenvalue weighted by Gasteiger charge is 2.51. The SMILES string of the molecule is Cn1nccc1C1=C2C=CC=[N+]2[B-](F)(F)n2cccc21. The summed E-state index contributed by atoms with van der Waals surface area (Å²) in [4.78, 5) is 0. The summed E-state index contributed by atoms with van der Waals surface area (Å²) in [6.45, 7) is -3.83. The predicted octanol–water partition coefficient (Wildman–Crippen LogP) is 1.87. The summed E-state index contributed by atoms with van der Waals surface area (Å²) in [6.07, 6.45) is 7.88. The fourth-order valence-electron chi connectivity index (χ4n) is 2.90. The van der Waals surface area contributed by atoms with Gasteiger partial charge in [0.2, 0.25) is 0 Å². The van der Waals surface area contributed by atoms with E-state index in [2.05, 4.69) is 5.10 Å². The van der Waals surface area contributed by atoms with Crippen LogP contribution in [0.3, 0.4) is 0 Å². The molecular formula is C13H11BF2N4. The highest BCUT2D eigenvalue weighted by Crippen LogP contribution is 2.37. The van der Waals surface area contributed by atoms with Crippen LogP contribution >= 0.6 is 0 Å². The van der Waals surface area contributed by atoms with Crippen molar-refractivity contribution in [3.63, 3.8) is 0 Å². The van der Waals surface area contributed by atoms with Gasteiger partial charge in [0, 0.05) is 31.1 Å². The normalized spacial score (nSPS) is 19.1. The number of aromatic nitrogens is 3. The van der Waals surface area contributed by atoms with Crippen LogP contribution in [0.15, 0.2) is 48.4 Å². The monoisotopic (exact) mass is 272 g/mol. The summed E-state index contributed by atoms with van der Waals surface area (Å²) in [5, 5.41) is 4.14. The molecule has 7 heteroatoms. The summed E-state index contributed by atoms with van der Waals surface area (Å²) >= 11 is 0. The first-order valence-corrected chi connectivity index (χ1v) is 6.33. The molecule has 4 rings (SSSR count). The lowest BCUT2D eigenvalue weighted by molar-refractivity contribution is -0.356. The molecule has 4 heterocycles. The second kappa shape index (κ2) is 3.56. The van der Waals surface area contributed by atoms with Crippen LogP contribution in [0.4, 0.5) is 8.63 Å². The van der Waals surface area contributed by atoms with Crippen molar-refractivity contribution in [2.24, 2.45) is 7.05 Å². The maximum absolute atomic E-state index is 14.5. The van der Waals surface area contributed by atoms with E-state index in [4.69, 9.17) is 0 Å². The lowest BCUT2D eigenvalue weighted by Crippen LogP contribution is -2.49. The molecule has 0 unspecified atom stereocenters. The van der Waals surface area contributed by atoms with Crippen LogP contribution in [0, 0.1) is 0 Å². The van der Waals surface area contributed by atoms with E-state index >= 15 is 0 Å². The van der Waals surface area contributed by atoms with Gasteiger partial charge in [-0.3, -0.25) is 4.68 Å². The Hall–Kier alpha value is -2.44. The van der Waals surface area contributed by atoms with Gasteiger partial charge in [-0.2, -0.15) is 5.10 Å². The minimum atomic E-state index is -3.83. The standard InChI is InChI=1S/C13H11BF2N4/c1-18-10(6-7-17-18)13-11-4-2-8-19(11)14(15,16)20-9-3-5-12(13)20/h2-9H,1H3. The fraction of sp³-hybridized carbons (Fsp3) is 0.0769. The Labute approximate surface area is 114 Å². The molecule has 0 saturated carbocycles. The first-order valence-electron chi connectivity index (χ1n) is 6.33. The quantitative estimate of drug-likeness (QED) is 0.728. The van der Waals surface area contributed by atoms with Gasteiger partial charge in [-0.15, -0.1) is 0 Å². The van der Waals surface area contributed by atoms with Crippen molar-refractivity contribution in [1.82, 2.24) is 14.3 Å². The van der Waals surface area contributed by atoms with Crippen LogP contribution in [0.2, 0.25) is 0 Å². The molecule has 2 aromatic rings. The number of hydrogen-bond donors (Lipinski definition) is 0. The van der Waals surface area contributed by atoms with Gasteiger partial charge in [0.05, 0.1) is 11.3 Å². The molecule has 2 aromatic heterocycles. The van der Waals surface area contributed by atoms with Crippen molar-refractivity contribution < 1.29 is 13.1 Å². The Morgan fingerprint density at radius 3 is 2.85 bits per heavy atom. The number of hydrogen-bond acceptors (Lipinski definition) is 1. The third-order valence-corrected chi connectivity index (χ3v) is 3.82. The van der Waals surface area contributed by atoms with Crippen LogP contribution in [-0.2, 0) is 7.05 Å². The molecule has 0 aliphatic carbocycles. The molecule has 0 saturated heterocycles. The maximum Gasteiger partial charge on any atom is 0.737 e. The van der Waals surface area contributed by atoms with Gasteiger partial charge >= 0.3 is 6.97 Å². The van der Waals surface area contributed by atoms with Gasteiger partial charge in [-0.25, -0.2) is 0 Å². The van der Waals surface area contributed by atoms with Crippen LogP contribution in [0.1, 0.15) is 11.4 Å². The minimum Gasteiger partial charge on any atom is -0.396 e. The second-order valence-corrected chi connectivity index (χ2v) is 4.90. The van der Waals surface area contributed by atoms with E-state index in [1.54, 1.807) is 42.2 Å². The molecular weight excluding hydrogens is 261 g/mol. The second-order valence-electron chi connectivity index (χ2n) is 4.90. The van der Waals surface area contributed by atoms with E-state index in [-0.39, 0.29) is 0 Å². The number of halogens is 2. The van der Waals surface area contributed by atoms with Gasteiger partial charge in [0.1, 0.15) is 6.21 Å². The Bertz CT molecular complexity index is 810. The Morgan fingerprint density at radius 1 is 1.25 bits per heavy atom. The molecule has 2 aliphatic rings. The number of aryl methyl sites for hydroxylation is 1. The summed E-state index contributed by atoms with van der Waals surface area (Å²) in [6, 6.07) is 5.20. The topological polar surface area (TPSA) is 25.8 Å². The van der Waals surface area contributed by atoms with Gasteiger partial charge in [-0.1, -0.05) is 0 Å². The van der Waals surface area contributed by atoms with Gasteiger partial charge < -0.3 is 17.6 Å². The zero-order valence-corrected chi connectivity index (χ0v) is 10.7. The van der Waals surface area contributed by atoms with Crippen molar-refractivity contribution >= 4 is 18.8 Å². The summed E-state index contributed by atoms with van der Waals surface area (Å²) in [5.41, 5.74) is 2.62. The Kier molecular flexibility index (Phi) is 2.03. The maximum atomic E-state index is 14.5. The number of fused-ring (bicyclic) bond motifs is 2. The van der Waals surface area contributed by atoms with Crippen LogP contribution < -0.4 is 0 Å². The largest absolute Gasteiger partial charge is 0.737 e. The van der Waals surface area contributed by atoms with E-state index in [1.807, 2.05) is 6.07 Å². The third-order valence-electron chi connectivity index (χ3n) is 3.82. The number of rotatable bonds is 1. The summed E-state index contributed by atoms with van der Waals surface area (Å²) in [5.74, 6) is 0. The molecule has 0 aromatic carbocycles. The zero-order valence-electron chi connectivity index (χ0n) is 10.7. The lowest BCUT2D eigenvalue weighted by Gasteiger charge is -2.30. The van der Waals surface area contributed by atoms with E-state index < -0.39 is 6.97 Å². The molecule has 0 amide bonds. The highest BCUT2D eigenvalue weighted by molar-refractivity contribution is 6.57. The van der Waals surface area contributed by atoms with E-state index in [1.165, 1.54) is 12.4 Å². The molecule has 4 nitrogen and oxygen atoms in total. The molecule has 0 fully saturated rings. The van der Waals surface area contributed by atoms with Crippen molar-refractivity contribution in [3.8, 4) is 0 Å². The van der Waals surface area contributed by atoms with Gasteiger partial charge in [0.25, 0.3) is 0 Å². The molecule has 0 bridgehead atoms. The van der Waals surface area contributed by atoms with Crippen LogP contribution in [-0.4, -0.2) is 31.9 Å². The smallest absolute Gasteiger partial charge is 0.396 e. The van der Waals surface area contributed by atoms with E-state index in [9.17, 15) is 8.63 Å². The summed E-state index contributed by atoms with van der Waals surface area (Å²) < 4.78 is 32.8. The Morgan fingerprint density at radius 2 is 2.10 bits per heavy atom.